The van der Waals surface area contributed by atoms with E-state index in [1.54, 1.807) is 0 Å². The third-order valence-corrected chi connectivity index (χ3v) is 6.77. The zero-order valence-corrected chi connectivity index (χ0v) is 18.1. The van der Waals surface area contributed by atoms with Gasteiger partial charge in [0.2, 0.25) is 21.8 Å². The maximum absolute atomic E-state index is 12.2. The van der Waals surface area contributed by atoms with Crippen LogP contribution in [-0.4, -0.2) is 57.9 Å². The van der Waals surface area contributed by atoms with Gasteiger partial charge in [0.1, 0.15) is 0 Å². The number of nitrogens with one attached hydrogen (secondary N) is 1. The number of carbonyl (C=O) groups is 1. The maximum Gasteiger partial charge on any atom is 0.246 e. The van der Waals surface area contributed by atoms with Crippen LogP contribution in [0, 0.1) is 13.8 Å². The van der Waals surface area contributed by atoms with Gasteiger partial charge in [0.05, 0.1) is 18.5 Å². The lowest BCUT2D eigenvalue weighted by Crippen LogP contribution is -2.37. The summed E-state index contributed by atoms with van der Waals surface area (Å²) in [6.45, 7) is 5.03. The van der Waals surface area contributed by atoms with E-state index in [-0.39, 0.29) is 18.4 Å². The SMILES string of the molecule is Cc1nn(C)c(C)c1CCC(=O)NCc1nc(C2CCN(S(C)(=O)=O)CC2)no1. The maximum atomic E-state index is 12.2. The zero-order chi connectivity index (χ0) is 21.2. The summed E-state index contributed by atoms with van der Waals surface area (Å²) in [6.07, 6.45) is 3.52. The Kier molecular flexibility index (Phi) is 6.37. The molecule has 0 aliphatic carbocycles. The van der Waals surface area contributed by atoms with Crippen molar-refractivity contribution in [1.29, 1.82) is 0 Å². The number of sulfonamides is 1. The van der Waals surface area contributed by atoms with E-state index in [2.05, 4.69) is 20.6 Å². The smallest absolute Gasteiger partial charge is 0.246 e. The molecule has 0 saturated carbocycles. The van der Waals surface area contributed by atoms with E-state index in [0.717, 1.165) is 17.0 Å². The number of hydrogen-bond donors (Lipinski definition) is 1. The van der Waals surface area contributed by atoms with Crippen molar-refractivity contribution in [3.05, 3.63) is 28.7 Å². The highest BCUT2D eigenvalue weighted by Crippen LogP contribution is 2.26. The number of piperidine rings is 1. The number of aromatic nitrogens is 4. The van der Waals surface area contributed by atoms with Crippen LogP contribution < -0.4 is 5.32 Å². The molecule has 2 aromatic rings. The summed E-state index contributed by atoms with van der Waals surface area (Å²) >= 11 is 0. The van der Waals surface area contributed by atoms with Crippen molar-refractivity contribution in [2.24, 2.45) is 7.05 Å². The van der Waals surface area contributed by atoms with Gasteiger partial charge in [-0.15, -0.1) is 0 Å². The fourth-order valence-electron chi connectivity index (χ4n) is 3.63. The first-order chi connectivity index (χ1) is 13.6. The van der Waals surface area contributed by atoms with Gasteiger partial charge in [0, 0.05) is 38.2 Å². The van der Waals surface area contributed by atoms with Crippen molar-refractivity contribution in [2.45, 2.75) is 52.0 Å². The minimum Gasteiger partial charge on any atom is -0.347 e. The Morgan fingerprint density at radius 3 is 2.55 bits per heavy atom. The van der Waals surface area contributed by atoms with Gasteiger partial charge in [0.25, 0.3) is 0 Å². The van der Waals surface area contributed by atoms with Crippen molar-refractivity contribution < 1.29 is 17.7 Å². The van der Waals surface area contributed by atoms with Crippen LogP contribution in [0.1, 0.15) is 53.8 Å². The third-order valence-electron chi connectivity index (χ3n) is 5.47. The van der Waals surface area contributed by atoms with Gasteiger partial charge in [-0.1, -0.05) is 5.16 Å². The lowest BCUT2D eigenvalue weighted by Gasteiger charge is -2.28. The summed E-state index contributed by atoms with van der Waals surface area (Å²) in [5.74, 6) is 0.906. The molecule has 10 nitrogen and oxygen atoms in total. The van der Waals surface area contributed by atoms with Gasteiger partial charge >= 0.3 is 0 Å². The Morgan fingerprint density at radius 2 is 1.97 bits per heavy atom. The fourth-order valence-corrected chi connectivity index (χ4v) is 4.51. The van der Waals surface area contributed by atoms with E-state index < -0.39 is 10.0 Å². The summed E-state index contributed by atoms with van der Waals surface area (Å²) in [5, 5.41) is 11.2. The van der Waals surface area contributed by atoms with Gasteiger partial charge in [-0.2, -0.15) is 10.1 Å². The molecule has 1 aliphatic rings. The molecule has 0 aromatic carbocycles. The summed E-state index contributed by atoms with van der Waals surface area (Å²) in [5.41, 5.74) is 3.11. The lowest BCUT2D eigenvalue weighted by molar-refractivity contribution is -0.121. The Balaban J connectivity index is 1.46. The summed E-state index contributed by atoms with van der Waals surface area (Å²) in [7, 11) is -1.26. The highest BCUT2D eigenvalue weighted by Gasteiger charge is 2.28. The molecule has 0 radical (unpaired) electrons. The summed E-state index contributed by atoms with van der Waals surface area (Å²) in [6, 6.07) is 0. The largest absolute Gasteiger partial charge is 0.347 e. The predicted octanol–water partition coefficient (Wildman–Crippen LogP) is 0.808. The number of nitrogens with zero attached hydrogens (tertiary/aromatic N) is 5. The highest BCUT2D eigenvalue weighted by molar-refractivity contribution is 7.88. The average molecular weight is 425 g/mol. The van der Waals surface area contributed by atoms with Crippen molar-refractivity contribution in [2.75, 3.05) is 19.3 Å². The van der Waals surface area contributed by atoms with E-state index in [9.17, 15) is 13.2 Å². The van der Waals surface area contributed by atoms with Crippen LogP contribution in [0.25, 0.3) is 0 Å². The molecule has 1 N–H and O–H groups in total. The molecule has 3 rings (SSSR count). The molecule has 0 spiro atoms. The molecular formula is C18H28N6O4S. The molecule has 1 saturated heterocycles. The number of aryl methyl sites for hydroxylation is 2. The Hall–Kier alpha value is -2.27. The van der Waals surface area contributed by atoms with Crippen molar-refractivity contribution in [1.82, 2.24) is 29.5 Å². The second-order valence-corrected chi connectivity index (χ2v) is 9.51. The zero-order valence-electron chi connectivity index (χ0n) is 17.3. The molecule has 11 heteroatoms. The van der Waals surface area contributed by atoms with E-state index in [4.69, 9.17) is 4.52 Å². The second kappa shape index (κ2) is 8.62. The van der Waals surface area contributed by atoms with Gasteiger partial charge in [-0.3, -0.25) is 9.48 Å². The topological polar surface area (TPSA) is 123 Å². The highest BCUT2D eigenvalue weighted by atomic mass is 32.2. The van der Waals surface area contributed by atoms with Crippen molar-refractivity contribution >= 4 is 15.9 Å². The predicted molar refractivity (Wildman–Crippen MR) is 106 cm³/mol. The van der Waals surface area contributed by atoms with Gasteiger partial charge in [-0.05, 0) is 38.7 Å². The van der Waals surface area contributed by atoms with Gasteiger partial charge < -0.3 is 9.84 Å². The van der Waals surface area contributed by atoms with Crippen LogP contribution in [0.5, 0.6) is 0 Å². The molecule has 160 valence electrons. The Bertz CT molecular complexity index is 973. The third kappa shape index (κ3) is 5.21. The standard InChI is InChI=1S/C18H28N6O4S/c1-12-15(13(2)23(3)21-12)5-6-16(25)19-11-17-20-18(22-28-17)14-7-9-24(10-8-14)29(4,26)27/h14H,5-11H2,1-4H3,(H,19,25). The van der Waals surface area contributed by atoms with Crippen LogP contribution in [0.2, 0.25) is 0 Å². The molecule has 1 fully saturated rings. The summed E-state index contributed by atoms with van der Waals surface area (Å²) in [4.78, 5) is 16.5. The minimum atomic E-state index is -3.16. The van der Waals surface area contributed by atoms with Crippen LogP contribution in [0.3, 0.4) is 0 Å². The molecule has 2 aromatic heterocycles. The molecule has 1 amide bonds. The van der Waals surface area contributed by atoms with E-state index in [1.807, 2.05) is 25.6 Å². The fraction of sp³-hybridized carbons (Fsp3) is 0.667. The van der Waals surface area contributed by atoms with E-state index in [1.165, 1.54) is 10.6 Å². The number of amides is 1. The first kappa shape index (κ1) is 21.4. The van der Waals surface area contributed by atoms with E-state index in [0.29, 0.717) is 50.5 Å². The second-order valence-electron chi connectivity index (χ2n) is 7.53. The normalized spacial score (nSPS) is 16.3. The van der Waals surface area contributed by atoms with Gasteiger partial charge in [-0.25, -0.2) is 12.7 Å². The van der Waals surface area contributed by atoms with E-state index >= 15 is 0 Å². The van der Waals surface area contributed by atoms with Crippen LogP contribution in [0.4, 0.5) is 0 Å². The molecule has 3 heterocycles. The quantitative estimate of drug-likeness (QED) is 0.697. The molecule has 1 aliphatic heterocycles. The van der Waals surface area contributed by atoms with Crippen LogP contribution in [-0.2, 0) is 34.8 Å². The Labute approximate surface area is 170 Å². The van der Waals surface area contributed by atoms with Crippen molar-refractivity contribution in [3.63, 3.8) is 0 Å². The first-order valence-electron chi connectivity index (χ1n) is 9.68. The van der Waals surface area contributed by atoms with Crippen LogP contribution >= 0.6 is 0 Å². The lowest BCUT2D eigenvalue weighted by atomic mass is 9.98. The molecular weight excluding hydrogens is 396 g/mol. The number of hydrogen-bond acceptors (Lipinski definition) is 7. The minimum absolute atomic E-state index is 0.0673. The molecule has 0 bridgehead atoms. The number of rotatable bonds is 7. The molecule has 0 unspecified atom stereocenters. The molecule has 29 heavy (non-hydrogen) atoms. The summed E-state index contributed by atoms with van der Waals surface area (Å²) < 4.78 is 31.7. The monoisotopic (exact) mass is 424 g/mol. The molecule has 0 atom stereocenters. The average Bonchev–Trinajstić information content (AvgIpc) is 3.23. The first-order valence-corrected chi connectivity index (χ1v) is 11.5. The Morgan fingerprint density at radius 1 is 1.28 bits per heavy atom. The van der Waals surface area contributed by atoms with Gasteiger partial charge in [0.15, 0.2) is 5.82 Å². The van der Waals surface area contributed by atoms with Crippen LogP contribution in [0.15, 0.2) is 4.52 Å². The number of carbonyl (C=O) groups excluding carboxylic acids is 1. The van der Waals surface area contributed by atoms with Crippen molar-refractivity contribution in [3.8, 4) is 0 Å².